The summed E-state index contributed by atoms with van der Waals surface area (Å²) >= 11 is 6.62. The van der Waals surface area contributed by atoms with E-state index in [1.54, 1.807) is 0 Å². The van der Waals surface area contributed by atoms with E-state index in [0.29, 0.717) is 0 Å². The molecule has 0 aliphatic carbocycles. The maximum absolute atomic E-state index is 6.62. The lowest BCUT2D eigenvalue weighted by atomic mass is 9.96. The summed E-state index contributed by atoms with van der Waals surface area (Å²) < 4.78 is 0. The van der Waals surface area contributed by atoms with E-state index < -0.39 is 0 Å². The van der Waals surface area contributed by atoms with Crippen LogP contribution >= 0.6 is 11.6 Å². The zero-order valence-corrected chi connectivity index (χ0v) is 13.6. The van der Waals surface area contributed by atoms with Crippen LogP contribution in [0.2, 0.25) is 5.02 Å². The Labute approximate surface area is 144 Å². The number of H-pyrrole nitrogens is 1. The van der Waals surface area contributed by atoms with Crippen LogP contribution in [0.1, 0.15) is 0 Å². The number of nitrogens with one attached hydrogen (secondary N) is 1. The number of rotatable bonds is 1. The Morgan fingerprint density at radius 3 is 2.29 bits per heavy atom. The topological polar surface area (TPSA) is 15.8 Å². The van der Waals surface area contributed by atoms with Gasteiger partial charge in [-0.3, -0.25) is 0 Å². The molecule has 5 aromatic rings. The zero-order valence-electron chi connectivity index (χ0n) is 12.9. The highest BCUT2D eigenvalue weighted by Crippen LogP contribution is 2.40. The third-order valence-electron chi connectivity index (χ3n) is 4.67. The van der Waals surface area contributed by atoms with E-state index in [1.807, 2.05) is 12.1 Å². The Morgan fingerprint density at radius 2 is 1.42 bits per heavy atom. The molecule has 114 valence electrons. The van der Waals surface area contributed by atoms with Crippen LogP contribution in [-0.4, -0.2) is 4.98 Å². The van der Waals surface area contributed by atoms with Crippen molar-refractivity contribution in [2.45, 2.75) is 0 Å². The molecule has 0 saturated carbocycles. The molecule has 1 N–H and O–H groups in total. The van der Waals surface area contributed by atoms with Gasteiger partial charge in [-0.05, 0) is 23.1 Å². The molecule has 1 heterocycles. The van der Waals surface area contributed by atoms with Crippen LogP contribution in [0.25, 0.3) is 43.7 Å². The van der Waals surface area contributed by atoms with Gasteiger partial charge < -0.3 is 4.98 Å². The standard InChI is InChI=1S/C22H14ClN/c23-18-13-11-15-10-12-17-16-8-4-5-9-19(16)24-22(17)21(15)20(18)14-6-2-1-3-7-14/h1-13,24H. The molecule has 0 radical (unpaired) electrons. The summed E-state index contributed by atoms with van der Waals surface area (Å²) in [5.41, 5.74) is 4.53. The Hall–Kier alpha value is -2.77. The molecule has 0 aliphatic heterocycles. The lowest BCUT2D eigenvalue weighted by Gasteiger charge is -2.10. The van der Waals surface area contributed by atoms with E-state index in [1.165, 1.54) is 21.5 Å². The van der Waals surface area contributed by atoms with Crippen LogP contribution in [-0.2, 0) is 0 Å². The molecule has 0 saturated heterocycles. The monoisotopic (exact) mass is 327 g/mol. The van der Waals surface area contributed by atoms with Gasteiger partial charge in [0.2, 0.25) is 0 Å². The third kappa shape index (κ3) is 1.88. The molecule has 0 amide bonds. The van der Waals surface area contributed by atoms with Gasteiger partial charge in [0.1, 0.15) is 0 Å². The minimum Gasteiger partial charge on any atom is -0.354 e. The fraction of sp³-hybridized carbons (Fsp3) is 0. The first-order valence-corrected chi connectivity index (χ1v) is 8.38. The number of hydrogen-bond donors (Lipinski definition) is 1. The highest BCUT2D eigenvalue weighted by molar-refractivity contribution is 6.36. The number of hydrogen-bond acceptors (Lipinski definition) is 0. The second-order valence-electron chi connectivity index (χ2n) is 6.05. The Morgan fingerprint density at radius 1 is 0.667 bits per heavy atom. The maximum Gasteiger partial charge on any atom is 0.0551 e. The summed E-state index contributed by atoms with van der Waals surface area (Å²) in [4.78, 5) is 3.60. The van der Waals surface area contributed by atoms with E-state index in [4.69, 9.17) is 11.6 Å². The Bertz CT molecular complexity index is 1200. The number of aromatic amines is 1. The highest BCUT2D eigenvalue weighted by Gasteiger charge is 2.14. The minimum absolute atomic E-state index is 0.778. The molecule has 0 spiro atoms. The quantitative estimate of drug-likeness (QED) is 0.348. The van der Waals surface area contributed by atoms with Crippen molar-refractivity contribution in [3.63, 3.8) is 0 Å². The normalized spacial score (nSPS) is 11.5. The van der Waals surface area contributed by atoms with E-state index in [-0.39, 0.29) is 0 Å². The predicted molar refractivity (Wildman–Crippen MR) is 104 cm³/mol. The van der Waals surface area contributed by atoms with Crippen LogP contribution in [0.3, 0.4) is 0 Å². The van der Waals surface area contributed by atoms with Crippen LogP contribution in [0.4, 0.5) is 0 Å². The van der Waals surface area contributed by atoms with Crippen molar-refractivity contribution in [1.82, 2.24) is 4.98 Å². The van der Waals surface area contributed by atoms with E-state index in [9.17, 15) is 0 Å². The molecule has 24 heavy (non-hydrogen) atoms. The average Bonchev–Trinajstić information content (AvgIpc) is 3.01. The van der Waals surface area contributed by atoms with Crippen LogP contribution in [0, 0.1) is 0 Å². The first-order valence-electron chi connectivity index (χ1n) is 8.00. The van der Waals surface area contributed by atoms with Crippen molar-refractivity contribution in [1.29, 1.82) is 0 Å². The molecule has 2 heteroatoms. The van der Waals surface area contributed by atoms with E-state index in [2.05, 4.69) is 71.7 Å². The second-order valence-corrected chi connectivity index (χ2v) is 6.45. The Kier molecular flexibility index (Phi) is 2.91. The summed E-state index contributed by atoms with van der Waals surface area (Å²) in [5.74, 6) is 0. The molecule has 0 unspecified atom stereocenters. The van der Waals surface area contributed by atoms with Crippen molar-refractivity contribution in [2.75, 3.05) is 0 Å². The molecule has 5 rings (SSSR count). The van der Waals surface area contributed by atoms with Gasteiger partial charge in [-0.2, -0.15) is 0 Å². The van der Waals surface area contributed by atoms with Crippen LogP contribution < -0.4 is 0 Å². The van der Waals surface area contributed by atoms with Crippen LogP contribution in [0.5, 0.6) is 0 Å². The van der Waals surface area contributed by atoms with Gasteiger partial charge >= 0.3 is 0 Å². The average molecular weight is 328 g/mol. The van der Waals surface area contributed by atoms with Crippen molar-refractivity contribution in [2.24, 2.45) is 0 Å². The number of aromatic nitrogens is 1. The summed E-state index contributed by atoms with van der Waals surface area (Å²) in [6.07, 6.45) is 0. The number of para-hydroxylation sites is 1. The first kappa shape index (κ1) is 13.6. The van der Waals surface area contributed by atoms with Gasteiger partial charge in [0.05, 0.1) is 5.52 Å². The van der Waals surface area contributed by atoms with Crippen molar-refractivity contribution < 1.29 is 0 Å². The lowest BCUT2D eigenvalue weighted by Crippen LogP contribution is -1.85. The summed E-state index contributed by atoms with van der Waals surface area (Å²) in [6.45, 7) is 0. The maximum atomic E-state index is 6.62. The molecular formula is C22H14ClN. The predicted octanol–water partition coefficient (Wildman–Crippen LogP) is 6.79. The van der Waals surface area contributed by atoms with E-state index in [0.717, 1.165) is 27.2 Å². The van der Waals surface area contributed by atoms with Gasteiger partial charge in [-0.25, -0.2) is 0 Å². The van der Waals surface area contributed by atoms with Gasteiger partial charge in [-0.1, -0.05) is 78.3 Å². The SMILES string of the molecule is Clc1ccc2ccc3c4ccccc4[nH]c3c2c1-c1ccccc1. The first-order chi connectivity index (χ1) is 11.8. The molecule has 4 aromatic carbocycles. The lowest BCUT2D eigenvalue weighted by molar-refractivity contribution is 1.56. The third-order valence-corrected chi connectivity index (χ3v) is 4.99. The number of halogens is 1. The van der Waals surface area contributed by atoms with Crippen molar-refractivity contribution in [3.8, 4) is 11.1 Å². The highest BCUT2D eigenvalue weighted by atomic mass is 35.5. The van der Waals surface area contributed by atoms with Gasteiger partial charge in [0.15, 0.2) is 0 Å². The number of benzene rings is 4. The van der Waals surface area contributed by atoms with Gasteiger partial charge in [0.25, 0.3) is 0 Å². The summed E-state index contributed by atoms with van der Waals surface area (Å²) in [5, 5.41) is 5.63. The molecule has 1 nitrogen and oxygen atoms in total. The molecular weight excluding hydrogens is 314 g/mol. The van der Waals surface area contributed by atoms with E-state index >= 15 is 0 Å². The smallest absolute Gasteiger partial charge is 0.0551 e. The second kappa shape index (κ2) is 5.12. The summed E-state index contributed by atoms with van der Waals surface area (Å²) in [6, 6.07) is 27.2. The molecule has 0 fully saturated rings. The van der Waals surface area contributed by atoms with Crippen LogP contribution in [0.15, 0.2) is 78.9 Å². The molecule has 0 aliphatic rings. The van der Waals surface area contributed by atoms with Gasteiger partial charge in [0, 0.05) is 32.3 Å². The Balaban J connectivity index is 2.03. The van der Waals surface area contributed by atoms with Crippen molar-refractivity contribution in [3.05, 3.63) is 83.9 Å². The summed E-state index contributed by atoms with van der Waals surface area (Å²) in [7, 11) is 0. The largest absolute Gasteiger partial charge is 0.354 e. The molecule has 1 aromatic heterocycles. The zero-order chi connectivity index (χ0) is 16.1. The number of fused-ring (bicyclic) bond motifs is 5. The fourth-order valence-corrected chi connectivity index (χ4v) is 3.86. The molecule has 0 atom stereocenters. The molecule has 0 bridgehead atoms. The van der Waals surface area contributed by atoms with Crippen molar-refractivity contribution >= 4 is 44.2 Å². The fourth-order valence-electron chi connectivity index (χ4n) is 3.60. The minimum atomic E-state index is 0.778. The van der Waals surface area contributed by atoms with Gasteiger partial charge in [-0.15, -0.1) is 0 Å².